The second kappa shape index (κ2) is 19.7. The second-order valence-corrected chi connectivity index (χ2v) is 8.91. The van der Waals surface area contributed by atoms with Crippen LogP contribution in [-0.2, 0) is 0 Å². The fraction of sp³-hybridized carbons (Fsp3) is 1.00. The van der Waals surface area contributed by atoms with Crippen LogP contribution in [0.4, 0.5) is 0 Å². The summed E-state index contributed by atoms with van der Waals surface area (Å²) >= 11 is 0. The molecule has 0 amide bonds. The third kappa shape index (κ3) is 16.2. The summed E-state index contributed by atoms with van der Waals surface area (Å²) in [5, 5.41) is 0. The van der Waals surface area contributed by atoms with E-state index in [9.17, 15) is 0 Å². The number of rotatable bonds is 19. The summed E-state index contributed by atoms with van der Waals surface area (Å²) in [6, 6.07) is 0. The third-order valence-electron chi connectivity index (χ3n) is 6.28. The fourth-order valence-corrected chi connectivity index (χ4v) is 4.42. The van der Waals surface area contributed by atoms with Crippen LogP contribution in [0.25, 0.3) is 0 Å². The van der Waals surface area contributed by atoms with Crippen molar-refractivity contribution in [2.75, 3.05) is 19.6 Å². The summed E-state index contributed by atoms with van der Waals surface area (Å²) in [5.74, 6) is 0. The first kappa shape index (κ1) is 24.0. The average Bonchev–Trinajstić information content (AvgIpc) is 2.68. The summed E-state index contributed by atoms with van der Waals surface area (Å²) in [7, 11) is 0. The van der Waals surface area contributed by atoms with Crippen molar-refractivity contribution in [3.05, 3.63) is 0 Å². The highest BCUT2D eigenvalue weighted by atomic mass is 15.1. The monoisotopic (exact) mass is 365 g/mol. The zero-order valence-electron chi connectivity index (χ0n) is 18.4. The first-order valence-electron chi connectivity index (χ1n) is 12.7. The van der Waals surface area contributed by atoms with Gasteiger partial charge in [-0.05, 0) is 38.9 Å². The van der Waals surface area contributed by atoms with Crippen molar-refractivity contribution in [1.82, 2.24) is 4.90 Å². The van der Waals surface area contributed by atoms with Gasteiger partial charge in [0.15, 0.2) is 0 Å². The Morgan fingerprint density at radius 3 is 1.15 bits per heavy atom. The first-order chi connectivity index (χ1) is 12.9. The number of unbranched alkanes of at least 4 members (excludes halogenated alkanes) is 17. The summed E-state index contributed by atoms with van der Waals surface area (Å²) in [4.78, 5) is 2.69. The maximum Gasteiger partial charge on any atom is -0.00187 e. The highest BCUT2D eigenvalue weighted by Crippen LogP contribution is 2.15. The molecule has 0 saturated carbocycles. The van der Waals surface area contributed by atoms with Gasteiger partial charge in [-0.25, -0.2) is 0 Å². The lowest BCUT2D eigenvalue weighted by Gasteiger charge is -2.26. The lowest BCUT2D eigenvalue weighted by Crippen LogP contribution is -2.30. The predicted octanol–water partition coefficient (Wildman–Crippen LogP) is 8.51. The molecule has 0 N–H and O–H groups in total. The van der Waals surface area contributed by atoms with E-state index in [4.69, 9.17) is 0 Å². The van der Waals surface area contributed by atoms with Gasteiger partial charge in [0.25, 0.3) is 0 Å². The van der Waals surface area contributed by atoms with Gasteiger partial charge < -0.3 is 4.90 Å². The van der Waals surface area contributed by atoms with Crippen LogP contribution in [0.5, 0.6) is 0 Å². The molecule has 1 aliphatic heterocycles. The summed E-state index contributed by atoms with van der Waals surface area (Å²) in [6.45, 7) is 6.42. The zero-order chi connectivity index (χ0) is 18.5. The van der Waals surface area contributed by atoms with E-state index in [1.165, 1.54) is 154 Å². The molecule has 0 aromatic carbocycles. The van der Waals surface area contributed by atoms with Crippen LogP contribution in [0, 0.1) is 0 Å². The number of nitrogens with zero attached hydrogens (tertiary/aromatic N) is 1. The Balaban J connectivity index is 1.65. The molecule has 0 spiro atoms. The highest BCUT2D eigenvalue weighted by Gasteiger charge is 2.08. The van der Waals surface area contributed by atoms with Crippen LogP contribution in [0.1, 0.15) is 142 Å². The standard InChI is InChI=1S/C25H51N/c1-2-3-4-5-6-7-8-9-10-11-12-13-14-15-16-17-18-20-23-26-24-21-19-22-25-26/h2-25H2,1H3. The Kier molecular flexibility index (Phi) is 18.2. The quantitative estimate of drug-likeness (QED) is 0.207. The van der Waals surface area contributed by atoms with E-state index in [0.717, 1.165) is 0 Å². The summed E-state index contributed by atoms with van der Waals surface area (Å²) in [5.41, 5.74) is 0. The molecule has 1 heterocycles. The topological polar surface area (TPSA) is 3.24 Å². The molecule has 1 nitrogen and oxygen atoms in total. The van der Waals surface area contributed by atoms with Gasteiger partial charge in [0.2, 0.25) is 0 Å². The molecule has 1 heteroatoms. The smallest absolute Gasteiger partial charge is 0.00187 e. The molecular weight excluding hydrogens is 314 g/mol. The summed E-state index contributed by atoms with van der Waals surface area (Å²) < 4.78 is 0. The molecule has 1 fully saturated rings. The van der Waals surface area contributed by atoms with Crippen LogP contribution < -0.4 is 0 Å². The Labute approximate surface area is 166 Å². The molecule has 1 saturated heterocycles. The Morgan fingerprint density at radius 2 is 0.769 bits per heavy atom. The minimum atomic E-state index is 1.37. The highest BCUT2D eigenvalue weighted by molar-refractivity contribution is 4.64. The normalized spacial score (nSPS) is 15.6. The maximum atomic E-state index is 2.69. The van der Waals surface area contributed by atoms with Gasteiger partial charge in [-0.2, -0.15) is 0 Å². The molecule has 0 aliphatic carbocycles. The Hall–Kier alpha value is -0.0400. The lowest BCUT2D eigenvalue weighted by atomic mass is 10.0. The minimum absolute atomic E-state index is 1.37. The molecule has 1 rings (SSSR count). The third-order valence-corrected chi connectivity index (χ3v) is 6.28. The Morgan fingerprint density at radius 1 is 0.423 bits per heavy atom. The van der Waals surface area contributed by atoms with E-state index in [1.54, 1.807) is 0 Å². The Bertz CT molecular complexity index is 257. The van der Waals surface area contributed by atoms with Crippen LogP contribution in [0.2, 0.25) is 0 Å². The van der Waals surface area contributed by atoms with Crippen LogP contribution in [0.3, 0.4) is 0 Å². The van der Waals surface area contributed by atoms with Crippen molar-refractivity contribution in [3.8, 4) is 0 Å². The van der Waals surface area contributed by atoms with Gasteiger partial charge in [0, 0.05) is 0 Å². The van der Waals surface area contributed by atoms with Crippen molar-refractivity contribution in [1.29, 1.82) is 0 Å². The van der Waals surface area contributed by atoms with Crippen molar-refractivity contribution in [2.45, 2.75) is 142 Å². The number of likely N-dealkylation sites (tertiary alicyclic amines) is 1. The van der Waals surface area contributed by atoms with E-state index < -0.39 is 0 Å². The molecular formula is C25H51N. The number of hydrogen-bond donors (Lipinski definition) is 0. The first-order valence-corrected chi connectivity index (χ1v) is 12.7. The van der Waals surface area contributed by atoms with Gasteiger partial charge in [0.05, 0.1) is 0 Å². The van der Waals surface area contributed by atoms with Crippen molar-refractivity contribution in [3.63, 3.8) is 0 Å². The van der Waals surface area contributed by atoms with Gasteiger partial charge in [-0.15, -0.1) is 0 Å². The lowest BCUT2D eigenvalue weighted by molar-refractivity contribution is 0.224. The van der Waals surface area contributed by atoms with Gasteiger partial charge >= 0.3 is 0 Å². The SMILES string of the molecule is CCCCCCCCCCCCCCCCCCCCN1CCCCC1. The molecule has 0 unspecified atom stereocenters. The molecule has 26 heavy (non-hydrogen) atoms. The van der Waals surface area contributed by atoms with Crippen LogP contribution >= 0.6 is 0 Å². The number of hydrogen-bond acceptors (Lipinski definition) is 1. The van der Waals surface area contributed by atoms with E-state index >= 15 is 0 Å². The van der Waals surface area contributed by atoms with Crippen molar-refractivity contribution in [2.24, 2.45) is 0 Å². The zero-order valence-corrected chi connectivity index (χ0v) is 18.4. The average molecular weight is 366 g/mol. The van der Waals surface area contributed by atoms with Gasteiger partial charge in [-0.3, -0.25) is 0 Å². The van der Waals surface area contributed by atoms with Crippen molar-refractivity contribution >= 4 is 0 Å². The molecule has 0 radical (unpaired) electrons. The van der Waals surface area contributed by atoms with E-state index in [-0.39, 0.29) is 0 Å². The molecule has 0 atom stereocenters. The minimum Gasteiger partial charge on any atom is -0.303 e. The molecule has 1 aliphatic rings. The largest absolute Gasteiger partial charge is 0.303 e. The molecule has 0 aromatic heterocycles. The van der Waals surface area contributed by atoms with E-state index in [1.807, 2.05) is 0 Å². The fourth-order valence-electron chi connectivity index (χ4n) is 4.42. The van der Waals surface area contributed by atoms with Gasteiger partial charge in [-0.1, -0.05) is 122 Å². The molecule has 0 aromatic rings. The van der Waals surface area contributed by atoms with Gasteiger partial charge in [0.1, 0.15) is 0 Å². The molecule has 0 bridgehead atoms. The van der Waals surface area contributed by atoms with E-state index in [2.05, 4.69) is 11.8 Å². The van der Waals surface area contributed by atoms with Crippen LogP contribution in [0.15, 0.2) is 0 Å². The van der Waals surface area contributed by atoms with Crippen molar-refractivity contribution < 1.29 is 0 Å². The summed E-state index contributed by atoms with van der Waals surface area (Å²) in [6.07, 6.45) is 30.9. The maximum absolute atomic E-state index is 2.69. The number of piperidine rings is 1. The molecule has 156 valence electrons. The predicted molar refractivity (Wildman–Crippen MR) is 119 cm³/mol. The van der Waals surface area contributed by atoms with Crippen LogP contribution in [-0.4, -0.2) is 24.5 Å². The van der Waals surface area contributed by atoms with E-state index in [0.29, 0.717) is 0 Å². The second-order valence-electron chi connectivity index (χ2n) is 8.91.